The van der Waals surface area contributed by atoms with Crippen LogP contribution in [0.1, 0.15) is 33.6 Å². The molecule has 0 spiro atoms. The van der Waals surface area contributed by atoms with E-state index in [-0.39, 0.29) is 5.91 Å². The molecule has 0 aromatic carbocycles. The molecule has 5 heterocycles. The monoisotopic (exact) mass is 341 g/mol. The standard InChI is InChI=1S/C19H23N3OS/c1-14-7-17(13-24-14)19(23)22-11-16-4-5-18(22)12-21(10-16)9-15-3-2-6-20-8-15/h2-3,6-8,13,16,18H,4-5,9-12H2,1H3/t16-,18+/m0/s1. The van der Waals surface area contributed by atoms with Gasteiger partial charge < -0.3 is 4.90 Å². The number of pyridine rings is 1. The first-order valence-corrected chi connectivity index (χ1v) is 9.54. The number of carbonyl (C=O) groups excluding carboxylic acids is 1. The van der Waals surface area contributed by atoms with Crippen molar-refractivity contribution in [3.8, 4) is 0 Å². The summed E-state index contributed by atoms with van der Waals surface area (Å²) < 4.78 is 0. The number of piperidine rings is 1. The molecule has 126 valence electrons. The number of aryl methyl sites for hydroxylation is 1. The maximum Gasteiger partial charge on any atom is 0.255 e. The Kier molecular flexibility index (Phi) is 4.37. The number of hydrogen-bond donors (Lipinski definition) is 0. The summed E-state index contributed by atoms with van der Waals surface area (Å²) in [4.78, 5) is 23.0. The van der Waals surface area contributed by atoms with Crippen LogP contribution in [0.25, 0.3) is 0 Å². The van der Waals surface area contributed by atoms with Crippen molar-refractivity contribution in [3.63, 3.8) is 0 Å². The van der Waals surface area contributed by atoms with Gasteiger partial charge in [-0.1, -0.05) is 6.07 Å². The highest BCUT2D eigenvalue weighted by atomic mass is 32.1. The van der Waals surface area contributed by atoms with Gasteiger partial charge in [-0.05, 0) is 43.4 Å². The second-order valence-electron chi connectivity index (χ2n) is 7.06. The van der Waals surface area contributed by atoms with E-state index in [0.29, 0.717) is 12.0 Å². The lowest BCUT2D eigenvalue weighted by Crippen LogP contribution is -2.47. The molecular weight excluding hydrogens is 318 g/mol. The summed E-state index contributed by atoms with van der Waals surface area (Å²) in [6.07, 6.45) is 6.13. The third-order valence-electron chi connectivity index (χ3n) is 5.16. The number of aromatic nitrogens is 1. The van der Waals surface area contributed by atoms with Crippen LogP contribution in [-0.2, 0) is 6.54 Å². The minimum atomic E-state index is 0.220. The van der Waals surface area contributed by atoms with Crippen molar-refractivity contribution in [3.05, 3.63) is 52.0 Å². The van der Waals surface area contributed by atoms with Crippen molar-refractivity contribution in [1.29, 1.82) is 0 Å². The van der Waals surface area contributed by atoms with E-state index in [9.17, 15) is 4.79 Å². The fourth-order valence-electron chi connectivity index (χ4n) is 4.03. The van der Waals surface area contributed by atoms with Gasteiger partial charge in [0.25, 0.3) is 5.91 Å². The number of rotatable bonds is 3. The molecule has 3 saturated heterocycles. The van der Waals surface area contributed by atoms with Gasteiger partial charge in [0, 0.05) is 54.9 Å². The quantitative estimate of drug-likeness (QED) is 0.860. The maximum absolute atomic E-state index is 12.9. The smallest absolute Gasteiger partial charge is 0.255 e. The van der Waals surface area contributed by atoms with E-state index in [1.54, 1.807) is 11.3 Å². The fraction of sp³-hybridized carbons (Fsp3) is 0.474. The molecule has 24 heavy (non-hydrogen) atoms. The van der Waals surface area contributed by atoms with Gasteiger partial charge in [-0.15, -0.1) is 11.3 Å². The van der Waals surface area contributed by atoms with Crippen molar-refractivity contribution in [2.24, 2.45) is 5.92 Å². The molecule has 3 aliphatic rings. The van der Waals surface area contributed by atoms with E-state index in [2.05, 4.69) is 27.8 Å². The van der Waals surface area contributed by atoms with Crippen LogP contribution >= 0.6 is 11.3 Å². The molecule has 0 unspecified atom stereocenters. The van der Waals surface area contributed by atoms with E-state index in [4.69, 9.17) is 0 Å². The summed E-state index contributed by atoms with van der Waals surface area (Å²) in [5.74, 6) is 0.807. The molecule has 5 rings (SSSR count). The third kappa shape index (κ3) is 3.23. The molecule has 2 bridgehead atoms. The molecule has 0 saturated carbocycles. The Morgan fingerprint density at radius 1 is 1.33 bits per heavy atom. The van der Waals surface area contributed by atoms with Crippen LogP contribution in [0.15, 0.2) is 36.0 Å². The molecule has 0 aliphatic carbocycles. The molecule has 3 fully saturated rings. The Labute approximate surface area is 147 Å². The van der Waals surface area contributed by atoms with Gasteiger partial charge in [0.2, 0.25) is 0 Å². The zero-order chi connectivity index (χ0) is 16.5. The summed E-state index contributed by atoms with van der Waals surface area (Å²) in [6.45, 7) is 5.95. The molecule has 0 radical (unpaired) electrons. The van der Waals surface area contributed by atoms with Gasteiger partial charge in [0.05, 0.1) is 5.56 Å². The van der Waals surface area contributed by atoms with E-state index >= 15 is 0 Å². The number of thiophene rings is 1. The SMILES string of the molecule is Cc1cc(C(=O)N2C[C@H]3CC[C@@H]2CN(Cc2cccnc2)C3)cs1. The maximum atomic E-state index is 12.9. The molecular formula is C19H23N3OS. The van der Waals surface area contributed by atoms with Crippen LogP contribution in [0.3, 0.4) is 0 Å². The van der Waals surface area contributed by atoms with E-state index < -0.39 is 0 Å². The molecule has 1 amide bonds. The molecule has 2 aromatic rings. The van der Waals surface area contributed by atoms with Crippen molar-refractivity contribution < 1.29 is 4.79 Å². The van der Waals surface area contributed by atoms with Crippen LogP contribution in [0.5, 0.6) is 0 Å². The average molecular weight is 341 g/mol. The number of carbonyl (C=O) groups is 1. The number of nitrogens with zero attached hydrogens (tertiary/aromatic N) is 3. The summed E-state index contributed by atoms with van der Waals surface area (Å²) >= 11 is 1.66. The van der Waals surface area contributed by atoms with Crippen LogP contribution in [-0.4, -0.2) is 46.4 Å². The average Bonchev–Trinajstić information content (AvgIpc) is 2.84. The minimum absolute atomic E-state index is 0.220. The molecule has 4 nitrogen and oxygen atoms in total. The van der Waals surface area contributed by atoms with E-state index in [1.807, 2.05) is 29.9 Å². The normalized spacial score (nSPS) is 24.1. The van der Waals surface area contributed by atoms with Gasteiger partial charge in [-0.25, -0.2) is 0 Å². The highest BCUT2D eigenvalue weighted by molar-refractivity contribution is 7.10. The van der Waals surface area contributed by atoms with Crippen LogP contribution < -0.4 is 0 Å². The lowest BCUT2D eigenvalue weighted by Gasteiger charge is -2.36. The zero-order valence-corrected chi connectivity index (χ0v) is 14.8. The van der Waals surface area contributed by atoms with Gasteiger partial charge >= 0.3 is 0 Å². The van der Waals surface area contributed by atoms with Crippen LogP contribution in [0.4, 0.5) is 0 Å². The van der Waals surface area contributed by atoms with E-state index in [1.165, 1.54) is 16.9 Å². The predicted octanol–water partition coefficient (Wildman–Crippen LogP) is 3.19. The lowest BCUT2D eigenvalue weighted by atomic mass is 9.94. The molecule has 0 N–H and O–H groups in total. The first-order chi connectivity index (χ1) is 11.7. The Balaban J connectivity index is 1.49. The van der Waals surface area contributed by atoms with Crippen LogP contribution in [0, 0.1) is 12.8 Å². The number of fused-ring (bicyclic) bond motifs is 4. The van der Waals surface area contributed by atoms with Gasteiger partial charge in [0.1, 0.15) is 0 Å². The second kappa shape index (κ2) is 6.65. The minimum Gasteiger partial charge on any atom is -0.334 e. The lowest BCUT2D eigenvalue weighted by molar-refractivity contribution is 0.0585. The highest BCUT2D eigenvalue weighted by Gasteiger charge is 2.37. The largest absolute Gasteiger partial charge is 0.334 e. The van der Waals surface area contributed by atoms with Crippen molar-refractivity contribution in [2.75, 3.05) is 19.6 Å². The summed E-state index contributed by atoms with van der Waals surface area (Å²) in [5.41, 5.74) is 2.12. The van der Waals surface area contributed by atoms with Crippen LogP contribution in [0.2, 0.25) is 0 Å². The molecule has 5 heteroatoms. The Hall–Kier alpha value is -1.72. The Morgan fingerprint density at radius 3 is 3.00 bits per heavy atom. The van der Waals surface area contributed by atoms with Crippen molar-refractivity contribution in [2.45, 2.75) is 32.4 Å². The molecule has 2 aromatic heterocycles. The highest BCUT2D eigenvalue weighted by Crippen LogP contribution is 2.30. The first kappa shape index (κ1) is 15.8. The number of amides is 1. The predicted molar refractivity (Wildman–Crippen MR) is 96.1 cm³/mol. The first-order valence-electron chi connectivity index (χ1n) is 8.66. The third-order valence-corrected chi connectivity index (χ3v) is 6.02. The summed E-state index contributed by atoms with van der Waals surface area (Å²) in [5, 5.41) is 2.00. The van der Waals surface area contributed by atoms with Gasteiger partial charge in [-0.3, -0.25) is 14.7 Å². The summed E-state index contributed by atoms with van der Waals surface area (Å²) in [6, 6.07) is 6.50. The number of hydrogen-bond acceptors (Lipinski definition) is 4. The topological polar surface area (TPSA) is 36.4 Å². The van der Waals surface area contributed by atoms with Gasteiger partial charge in [0.15, 0.2) is 0 Å². The Morgan fingerprint density at radius 2 is 2.25 bits per heavy atom. The summed E-state index contributed by atoms with van der Waals surface area (Å²) in [7, 11) is 0. The van der Waals surface area contributed by atoms with Crippen molar-refractivity contribution >= 4 is 17.2 Å². The fourth-order valence-corrected chi connectivity index (χ4v) is 4.70. The zero-order valence-electron chi connectivity index (χ0n) is 14.0. The van der Waals surface area contributed by atoms with E-state index in [0.717, 1.165) is 38.2 Å². The Bertz CT molecular complexity index is 714. The molecule has 3 aliphatic heterocycles. The molecule has 2 atom stereocenters. The van der Waals surface area contributed by atoms with Gasteiger partial charge in [-0.2, -0.15) is 0 Å². The van der Waals surface area contributed by atoms with Crippen molar-refractivity contribution in [1.82, 2.24) is 14.8 Å². The second-order valence-corrected chi connectivity index (χ2v) is 8.17.